The largest absolute Gasteiger partial charge is 0.314 e. The lowest BCUT2D eigenvalue weighted by atomic mass is 9.92. The molecule has 0 N–H and O–H groups in total. The molecule has 0 bridgehead atoms. The predicted molar refractivity (Wildman–Crippen MR) is 65.1 cm³/mol. The van der Waals surface area contributed by atoms with Crippen molar-refractivity contribution in [3.63, 3.8) is 0 Å². The minimum atomic E-state index is 0. The van der Waals surface area contributed by atoms with Gasteiger partial charge in [0.1, 0.15) is 0 Å². The predicted octanol–water partition coefficient (Wildman–Crippen LogP) is 2.18. The zero-order valence-corrected chi connectivity index (χ0v) is 10.2. The Labute approximate surface area is 94.6 Å². The van der Waals surface area contributed by atoms with Gasteiger partial charge in [0.15, 0.2) is 5.17 Å². The Morgan fingerprint density at radius 3 is 2.92 bits per heavy atom. The Morgan fingerprint density at radius 2 is 2.23 bits per heavy atom. The van der Waals surface area contributed by atoms with Crippen molar-refractivity contribution in [2.45, 2.75) is 13.8 Å². The lowest BCUT2D eigenvalue weighted by Crippen LogP contribution is -2.42. The van der Waals surface area contributed by atoms with Gasteiger partial charge in [-0.25, -0.2) is 0 Å². The minimum absolute atomic E-state index is 0. The average molecular weight is 237 g/mol. The molecule has 1 fully saturated rings. The molecule has 0 atom stereocenters. The molecule has 0 saturated carbocycles. The summed E-state index contributed by atoms with van der Waals surface area (Å²) in [5.41, 5.74) is 0.290. The normalized spacial score (nSPS) is 24.9. The maximum Gasteiger partial charge on any atom is 0.164 e. The molecule has 0 unspecified atom stereocenters. The highest BCUT2D eigenvalue weighted by Crippen LogP contribution is 2.30. The van der Waals surface area contributed by atoms with E-state index in [1.807, 2.05) is 0 Å². The fourth-order valence-corrected chi connectivity index (χ4v) is 2.72. The summed E-state index contributed by atoms with van der Waals surface area (Å²) in [4.78, 5) is 7.74. The van der Waals surface area contributed by atoms with Gasteiger partial charge in [0.25, 0.3) is 0 Å². The second-order valence-corrected chi connectivity index (χ2v) is 5.45. The number of hydrogen-bond acceptors (Lipinski definition) is 3. The maximum absolute atomic E-state index is 5.24. The summed E-state index contributed by atoms with van der Waals surface area (Å²) in [5.74, 6) is 0.949. The van der Waals surface area contributed by atoms with E-state index in [4.69, 9.17) is 12.2 Å². The van der Waals surface area contributed by atoms with Gasteiger partial charge in [-0.2, -0.15) is 0 Å². The van der Waals surface area contributed by atoms with Gasteiger partial charge in [-0.05, 0) is 0 Å². The van der Waals surface area contributed by atoms with Crippen molar-refractivity contribution in [2.24, 2.45) is 10.4 Å². The monoisotopic (exact) mass is 236 g/mol. The Kier molecular flexibility index (Phi) is 3.25. The van der Waals surface area contributed by atoms with Crippen LogP contribution < -0.4 is 0 Å². The molecular formula is C8H13ClN2S2. The fourth-order valence-electron chi connectivity index (χ4n) is 1.44. The van der Waals surface area contributed by atoms with E-state index in [-0.39, 0.29) is 12.4 Å². The van der Waals surface area contributed by atoms with Crippen LogP contribution in [-0.4, -0.2) is 33.9 Å². The molecule has 0 aromatic heterocycles. The maximum atomic E-state index is 5.24. The summed E-state index contributed by atoms with van der Waals surface area (Å²) in [6, 6.07) is 0. The van der Waals surface area contributed by atoms with Crippen molar-refractivity contribution in [1.82, 2.24) is 4.90 Å². The number of hydrogen-bond donors (Lipinski definition) is 0. The number of halogens is 1. The summed E-state index contributed by atoms with van der Waals surface area (Å²) in [5, 5.41) is 1.14. The molecule has 0 aromatic carbocycles. The van der Waals surface area contributed by atoms with Crippen molar-refractivity contribution >= 4 is 46.5 Å². The van der Waals surface area contributed by atoms with E-state index < -0.39 is 0 Å². The lowest BCUT2D eigenvalue weighted by molar-refractivity contribution is 0.304. The van der Waals surface area contributed by atoms with Crippen LogP contribution in [0.2, 0.25) is 0 Å². The molecule has 2 heterocycles. The van der Waals surface area contributed by atoms with Crippen LogP contribution in [0.4, 0.5) is 0 Å². The molecule has 0 radical (unpaired) electrons. The molecular weight excluding hydrogens is 224 g/mol. The van der Waals surface area contributed by atoms with Gasteiger partial charge in [0.05, 0.1) is 10.7 Å². The smallest absolute Gasteiger partial charge is 0.164 e. The number of rotatable bonds is 0. The number of thiocarbonyl (C=S) groups is 1. The Morgan fingerprint density at radius 1 is 1.54 bits per heavy atom. The van der Waals surface area contributed by atoms with Crippen molar-refractivity contribution in [3.8, 4) is 0 Å². The molecule has 0 spiro atoms. The average Bonchev–Trinajstić information content (AvgIpc) is 2.31. The first-order valence-electron chi connectivity index (χ1n) is 4.06. The van der Waals surface area contributed by atoms with Crippen LogP contribution in [0.1, 0.15) is 13.8 Å². The summed E-state index contributed by atoms with van der Waals surface area (Å²) < 4.78 is 0. The third-order valence-electron chi connectivity index (χ3n) is 2.09. The fraction of sp³-hybridized carbons (Fsp3) is 0.750. The van der Waals surface area contributed by atoms with E-state index in [9.17, 15) is 0 Å². The van der Waals surface area contributed by atoms with E-state index in [0.29, 0.717) is 5.41 Å². The van der Waals surface area contributed by atoms with Crippen LogP contribution in [0, 0.1) is 5.41 Å². The molecule has 1 saturated heterocycles. The molecule has 2 aliphatic rings. The number of nitrogens with zero attached hydrogens (tertiary/aromatic N) is 2. The third kappa shape index (κ3) is 2.17. The van der Waals surface area contributed by atoms with Crippen LogP contribution in [0.3, 0.4) is 0 Å². The molecule has 0 amide bonds. The molecule has 2 rings (SSSR count). The highest BCUT2D eigenvalue weighted by molar-refractivity contribution is 8.15. The lowest BCUT2D eigenvalue weighted by Gasteiger charge is -2.33. The number of fused-ring (bicyclic) bond motifs is 1. The van der Waals surface area contributed by atoms with Crippen LogP contribution in [0.15, 0.2) is 4.99 Å². The summed E-state index contributed by atoms with van der Waals surface area (Å²) in [6.45, 7) is 6.45. The molecule has 0 aromatic rings. The van der Waals surface area contributed by atoms with Crippen LogP contribution in [0.25, 0.3) is 0 Å². The molecule has 2 aliphatic heterocycles. The Hall–Kier alpha value is 0.200. The second-order valence-electron chi connectivity index (χ2n) is 4.03. The zero-order valence-electron chi connectivity index (χ0n) is 7.74. The summed E-state index contributed by atoms with van der Waals surface area (Å²) in [6.07, 6.45) is 0. The van der Waals surface area contributed by atoms with Gasteiger partial charge >= 0.3 is 0 Å². The van der Waals surface area contributed by atoms with Crippen LogP contribution in [-0.2, 0) is 0 Å². The van der Waals surface area contributed by atoms with E-state index in [2.05, 4.69) is 23.7 Å². The molecule has 5 heteroatoms. The standard InChI is InChI=1S/C8H12N2S2.ClH/c1-8(2)4-9-7-10(5-8)6(11)3-12-7;/h3-5H2,1-2H3;1H. The first-order chi connectivity index (χ1) is 5.58. The highest BCUT2D eigenvalue weighted by atomic mass is 35.5. The van der Waals surface area contributed by atoms with Crippen LogP contribution in [0.5, 0.6) is 0 Å². The van der Waals surface area contributed by atoms with E-state index in [1.165, 1.54) is 0 Å². The van der Waals surface area contributed by atoms with Gasteiger partial charge in [-0.1, -0.05) is 37.8 Å². The molecule has 2 nitrogen and oxygen atoms in total. The van der Waals surface area contributed by atoms with E-state index in [1.54, 1.807) is 11.8 Å². The summed E-state index contributed by atoms with van der Waals surface area (Å²) >= 11 is 7.01. The first kappa shape index (κ1) is 11.3. The quantitative estimate of drug-likeness (QED) is 0.600. The first-order valence-corrected chi connectivity index (χ1v) is 5.45. The van der Waals surface area contributed by atoms with Crippen LogP contribution >= 0.6 is 36.4 Å². The van der Waals surface area contributed by atoms with E-state index >= 15 is 0 Å². The zero-order chi connectivity index (χ0) is 8.77. The number of thioether (sulfide) groups is 1. The Balaban J connectivity index is 0.000000845. The highest BCUT2D eigenvalue weighted by Gasteiger charge is 2.34. The topological polar surface area (TPSA) is 15.6 Å². The molecule has 0 aliphatic carbocycles. The van der Waals surface area contributed by atoms with Crippen molar-refractivity contribution in [3.05, 3.63) is 0 Å². The molecule has 13 heavy (non-hydrogen) atoms. The van der Waals surface area contributed by atoms with Gasteiger partial charge < -0.3 is 4.90 Å². The number of aliphatic imine (C=N–C) groups is 1. The third-order valence-corrected chi connectivity index (χ3v) is 3.66. The molecule has 74 valence electrons. The van der Waals surface area contributed by atoms with Gasteiger partial charge in [0.2, 0.25) is 0 Å². The second kappa shape index (κ2) is 3.75. The van der Waals surface area contributed by atoms with Gasteiger partial charge in [-0.15, -0.1) is 12.4 Å². The number of amidine groups is 1. The van der Waals surface area contributed by atoms with Gasteiger partial charge in [-0.3, -0.25) is 4.99 Å². The Bertz CT molecular complexity index is 263. The summed E-state index contributed by atoms with van der Waals surface area (Å²) in [7, 11) is 0. The minimum Gasteiger partial charge on any atom is -0.314 e. The van der Waals surface area contributed by atoms with Crippen molar-refractivity contribution in [1.29, 1.82) is 0 Å². The SMILES string of the molecule is CC1(C)CN=C2SCC(=S)N2C1.Cl. The van der Waals surface area contributed by atoms with Gasteiger partial charge in [0, 0.05) is 18.5 Å². The van der Waals surface area contributed by atoms with Crippen molar-refractivity contribution in [2.75, 3.05) is 18.8 Å². The van der Waals surface area contributed by atoms with Crippen molar-refractivity contribution < 1.29 is 0 Å². The van der Waals surface area contributed by atoms with E-state index in [0.717, 1.165) is 29.0 Å².